The highest BCUT2D eigenvalue weighted by Gasteiger charge is 2.33. The van der Waals surface area contributed by atoms with E-state index in [2.05, 4.69) is 0 Å². The molecule has 11 heteroatoms. The number of hydrogen-bond acceptors (Lipinski definition) is 9. The standard InChI is InChI=1S/C6H5NO3.C6H10O7/c8-6-3-1-5(2-4-6)7(9)10;7-1-2(8)3(9)4(10)5(11)6(12)13/h1-4,8H;1-5,8-11H,(H,12,13). The van der Waals surface area contributed by atoms with Crippen LogP contribution in [-0.2, 0) is 9.59 Å². The second-order valence-electron chi connectivity index (χ2n) is 4.16. The van der Waals surface area contributed by atoms with Gasteiger partial charge in [0.25, 0.3) is 5.69 Å². The van der Waals surface area contributed by atoms with E-state index in [9.17, 15) is 19.7 Å². The van der Waals surface area contributed by atoms with Gasteiger partial charge in [0.1, 0.15) is 24.1 Å². The van der Waals surface area contributed by atoms with Gasteiger partial charge in [0, 0.05) is 12.1 Å². The molecule has 0 saturated heterocycles. The summed E-state index contributed by atoms with van der Waals surface area (Å²) in [4.78, 5) is 29.5. The number of aldehydes is 1. The van der Waals surface area contributed by atoms with E-state index in [0.717, 1.165) is 0 Å². The molecule has 0 radical (unpaired) electrons. The molecule has 0 heterocycles. The number of nitro benzene ring substituents is 1. The summed E-state index contributed by atoms with van der Waals surface area (Å²) in [6, 6.07) is 5.04. The Kier molecular flexibility index (Phi) is 8.36. The number of aliphatic carboxylic acids is 1. The van der Waals surface area contributed by atoms with Crippen LogP contribution in [0.5, 0.6) is 5.75 Å². The second-order valence-corrected chi connectivity index (χ2v) is 4.16. The van der Waals surface area contributed by atoms with Crippen LogP contribution in [0.3, 0.4) is 0 Å². The first kappa shape index (κ1) is 20.4. The van der Waals surface area contributed by atoms with E-state index in [1.54, 1.807) is 0 Å². The molecule has 0 aromatic heterocycles. The van der Waals surface area contributed by atoms with Gasteiger partial charge in [0.15, 0.2) is 12.4 Å². The minimum absolute atomic E-state index is 0.0159. The number of carboxylic acid groups (broad SMARTS) is 1. The monoisotopic (exact) mass is 333 g/mol. The smallest absolute Gasteiger partial charge is 0.335 e. The molecule has 0 spiro atoms. The molecule has 128 valence electrons. The predicted molar refractivity (Wildman–Crippen MR) is 72.5 cm³/mol. The van der Waals surface area contributed by atoms with Gasteiger partial charge >= 0.3 is 5.97 Å². The predicted octanol–water partition coefficient (Wildman–Crippen LogP) is -1.99. The quantitative estimate of drug-likeness (QED) is 0.192. The molecule has 4 atom stereocenters. The molecular formula is C12H15NO10. The molecule has 11 nitrogen and oxygen atoms in total. The number of aliphatic hydroxyl groups excluding tert-OH is 4. The van der Waals surface area contributed by atoms with Crippen LogP contribution in [0.2, 0.25) is 0 Å². The van der Waals surface area contributed by atoms with Crippen LogP contribution < -0.4 is 0 Å². The van der Waals surface area contributed by atoms with Crippen molar-refractivity contribution in [2.45, 2.75) is 24.4 Å². The normalized spacial score (nSPS) is 15.3. The van der Waals surface area contributed by atoms with E-state index in [1.165, 1.54) is 24.3 Å². The van der Waals surface area contributed by atoms with E-state index in [-0.39, 0.29) is 17.7 Å². The second kappa shape index (κ2) is 9.42. The minimum Gasteiger partial charge on any atom is -0.508 e. The highest BCUT2D eigenvalue weighted by atomic mass is 16.6. The van der Waals surface area contributed by atoms with Crippen molar-refractivity contribution in [1.29, 1.82) is 0 Å². The van der Waals surface area contributed by atoms with E-state index < -0.39 is 35.3 Å². The molecule has 6 N–H and O–H groups in total. The van der Waals surface area contributed by atoms with Crippen molar-refractivity contribution in [2.75, 3.05) is 0 Å². The van der Waals surface area contributed by atoms with Crippen molar-refractivity contribution in [3.05, 3.63) is 34.4 Å². The number of nitro groups is 1. The largest absolute Gasteiger partial charge is 0.508 e. The number of benzene rings is 1. The van der Waals surface area contributed by atoms with Crippen LogP contribution in [0.1, 0.15) is 0 Å². The van der Waals surface area contributed by atoms with Gasteiger partial charge in [-0.05, 0) is 12.1 Å². The Morgan fingerprint density at radius 2 is 1.57 bits per heavy atom. The number of nitrogens with zero attached hydrogens (tertiary/aromatic N) is 1. The van der Waals surface area contributed by atoms with Crippen LogP contribution in [0, 0.1) is 10.1 Å². The van der Waals surface area contributed by atoms with Crippen LogP contribution in [0.15, 0.2) is 24.3 Å². The van der Waals surface area contributed by atoms with Gasteiger partial charge in [-0.25, -0.2) is 4.79 Å². The first-order valence-corrected chi connectivity index (χ1v) is 5.95. The molecule has 0 fully saturated rings. The molecule has 0 aliphatic rings. The zero-order valence-electron chi connectivity index (χ0n) is 11.5. The van der Waals surface area contributed by atoms with Gasteiger partial charge in [-0.1, -0.05) is 0 Å². The Morgan fingerprint density at radius 3 is 1.91 bits per heavy atom. The SMILES string of the molecule is O=CC(O)C(O)C(O)C(O)C(=O)O.O=[N+]([O-])c1ccc(O)cc1. The third-order valence-corrected chi connectivity index (χ3v) is 2.48. The van der Waals surface area contributed by atoms with Crippen LogP contribution in [0.25, 0.3) is 0 Å². The summed E-state index contributed by atoms with van der Waals surface area (Å²) in [5.74, 6) is -1.73. The van der Waals surface area contributed by atoms with E-state index in [4.69, 9.17) is 30.6 Å². The first-order chi connectivity index (χ1) is 10.6. The molecule has 0 amide bonds. The summed E-state index contributed by atoms with van der Waals surface area (Å²) < 4.78 is 0. The Labute approximate surface area is 128 Å². The summed E-state index contributed by atoms with van der Waals surface area (Å²) in [6.45, 7) is 0. The topological polar surface area (TPSA) is 199 Å². The first-order valence-electron chi connectivity index (χ1n) is 5.95. The van der Waals surface area contributed by atoms with Gasteiger partial charge in [0.2, 0.25) is 0 Å². The fourth-order valence-corrected chi connectivity index (χ4v) is 1.19. The average molecular weight is 333 g/mol. The number of carbonyl (C=O) groups excluding carboxylic acids is 1. The molecule has 0 aliphatic carbocycles. The molecule has 1 aromatic carbocycles. The Hall–Kier alpha value is -2.60. The van der Waals surface area contributed by atoms with Crippen molar-refractivity contribution >= 4 is 17.9 Å². The zero-order valence-corrected chi connectivity index (χ0v) is 11.5. The molecule has 23 heavy (non-hydrogen) atoms. The van der Waals surface area contributed by atoms with Gasteiger partial charge in [-0.2, -0.15) is 0 Å². The number of hydrogen-bond donors (Lipinski definition) is 6. The van der Waals surface area contributed by atoms with Crippen LogP contribution in [-0.4, -0.2) is 72.2 Å². The Morgan fingerprint density at radius 1 is 1.09 bits per heavy atom. The fraction of sp³-hybridized carbons (Fsp3) is 0.333. The number of carboxylic acids is 1. The number of carbonyl (C=O) groups is 2. The molecular weight excluding hydrogens is 318 g/mol. The average Bonchev–Trinajstić information content (AvgIpc) is 2.52. The third-order valence-electron chi connectivity index (χ3n) is 2.48. The lowest BCUT2D eigenvalue weighted by atomic mass is 10.0. The van der Waals surface area contributed by atoms with Crippen molar-refractivity contribution in [2.24, 2.45) is 0 Å². The highest BCUT2D eigenvalue weighted by Crippen LogP contribution is 2.15. The molecule has 4 unspecified atom stereocenters. The highest BCUT2D eigenvalue weighted by molar-refractivity contribution is 5.73. The van der Waals surface area contributed by atoms with Crippen LogP contribution >= 0.6 is 0 Å². The number of rotatable bonds is 6. The summed E-state index contributed by atoms with van der Waals surface area (Å²) in [5.41, 5.74) is -0.0159. The maximum absolute atomic E-state index is 10.1. The number of aromatic hydroxyl groups is 1. The lowest BCUT2D eigenvalue weighted by molar-refractivity contribution is -0.384. The summed E-state index contributed by atoms with van der Waals surface area (Å²) in [7, 11) is 0. The molecule has 1 rings (SSSR count). The number of phenols is 1. The van der Waals surface area contributed by atoms with Crippen molar-refractivity contribution in [3.8, 4) is 5.75 Å². The van der Waals surface area contributed by atoms with Crippen LogP contribution in [0.4, 0.5) is 5.69 Å². The number of aliphatic hydroxyl groups is 4. The summed E-state index contributed by atoms with van der Waals surface area (Å²) in [6.07, 6.45) is -8.39. The van der Waals surface area contributed by atoms with Crippen molar-refractivity contribution < 1.29 is 45.2 Å². The molecule has 0 saturated carbocycles. The molecule has 0 bridgehead atoms. The van der Waals surface area contributed by atoms with Gasteiger partial charge < -0.3 is 35.4 Å². The van der Waals surface area contributed by atoms with Crippen molar-refractivity contribution in [1.82, 2.24) is 0 Å². The summed E-state index contributed by atoms with van der Waals surface area (Å²) in [5, 5.41) is 61.9. The van der Waals surface area contributed by atoms with Gasteiger partial charge in [0.05, 0.1) is 4.92 Å². The summed E-state index contributed by atoms with van der Waals surface area (Å²) >= 11 is 0. The maximum atomic E-state index is 10.1. The maximum Gasteiger partial charge on any atom is 0.335 e. The zero-order chi connectivity index (χ0) is 18.2. The fourth-order valence-electron chi connectivity index (χ4n) is 1.19. The lowest BCUT2D eigenvalue weighted by Gasteiger charge is -2.21. The lowest BCUT2D eigenvalue weighted by Crippen LogP contribution is -2.48. The molecule has 1 aromatic rings. The van der Waals surface area contributed by atoms with E-state index >= 15 is 0 Å². The van der Waals surface area contributed by atoms with Gasteiger partial charge in [-0.15, -0.1) is 0 Å². The third kappa shape index (κ3) is 6.80. The minimum atomic E-state index is -2.25. The molecule has 0 aliphatic heterocycles. The van der Waals surface area contributed by atoms with E-state index in [0.29, 0.717) is 0 Å². The Bertz CT molecular complexity index is 531. The number of phenolic OH excluding ortho intramolecular Hbond substituents is 1. The van der Waals surface area contributed by atoms with E-state index in [1.807, 2.05) is 0 Å². The van der Waals surface area contributed by atoms with Gasteiger partial charge in [-0.3, -0.25) is 10.1 Å². The van der Waals surface area contributed by atoms with Crippen molar-refractivity contribution in [3.63, 3.8) is 0 Å². The Balaban J connectivity index is 0.000000433. The number of non-ortho nitro benzene ring substituents is 1.